The summed E-state index contributed by atoms with van der Waals surface area (Å²) in [7, 11) is 0. The third-order valence-corrected chi connectivity index (χ3v) is 4.05. The summed E-state index contributed by atoms with van der Waals surface area (Å²) in [6, 6.07) is 0.839. The van der Waals surface area contributed by atoms with Crippen molar-refractivity contribution in [3.8, 4) is 0 Å². The van der Waals surface area contributed by atoms with Gasteiger partial charge in [-0.25, -0.2) is 0 Å². The summed E-state index contributed by atoms with van der Waals surface area (Å²) in [6.07, 6.45) is 5.77. The molecule has 1 heterocycles. The first kappa shape index (κ1) is 7.60. The van der Waals surface area contributed by atoms with E-state index < -0.39 is 0 Å². The van der Waals surface area contributed by atoms with Gasteiger partial charge in [0, 0.05) is 6.04 Å². The zero-order chi connectivity index (χ0) is 7.90. The first-order valence-electron chi connectivity index (χ1n) is 4.97. The summed E-state index contributed by atoms with van der Waals surface area (Å²) in [6.45, 7) is 6.13. The summed E-state index contributed by atoms with van der Waals surface area (Å²) in [4.78, 5) is 0. The Hall–Kier alpha value is -0.0400. The van der Waals surface area contributed by atoms with Crippen LogP contribution in [-0.2, 0) is 0 Å². The fourth-order valence-corrected chi connectivity index (χ4v) is 2.84. The van der Waals surface area contributed by atoms with Crippen LogP contribution in [0.15, 0.2) is 0 Å². The highest BCUT2D eigenvalue weighted by Gasteiger charge is 2.44. The van der Waals surface area contributed by atoms with E-state index in [1.54, 1.807) is 0 Å². The molecule has 2 aliphatic rings. The fraction of sp³-hybridized carbons (Fsp3) is 1.00. The molecular formula is C10H19N. The van der Waals surface area contributed by atoms with E-state index in [-0.39, 0.29) is 0 Å². The molecule has 0 radical (unpaired) electrons. The average molecular weight is 153 g/mol. The third kappa shape index (κ3) is 1.01. The van der Waals surface area contributed by atoms with Crippen molar-refractivity contribution in [3.63, 3.8) is 0 Å². The molecule has 3 atom stereocenters. The van der Waals surface area contributed by atoms with Gasteiger partial charge in [-0.15, -0.1) is 0 Å². The van der Waals surface area contributed by atoms with Gasteiger partial charge in [-0.05, 0) is 30.7 Å². The van der Waals surface area contributed by atoms with Crippen molar-refractivity contribution < 1.29 is 0 Å². The van der Waals surface area contributed by atoms with Crippen LogP contribution in [0.1, 0.15) is 39.5 Å². The molecule has 2 rings (SSSR count). The Labute approximate surface area is 69.6 Å². The van der Waals surface area contributed by atoms with Crippen molar-refractivity contribution in [1.29, 1.82) is 0 Å². The summed E-state index contributed by atoms with van der Waals surface area (Å²) in [5.74, 6) is 0.896. The van der Waals surface area contributed by atoms with Gasteiger partial charge in [-0.2, -0.15) is 0 Å². The maximum atomic E-state index is 3.65. The molecule has 11 heavy (non-hydrogen) atoms. The number of rotatable bonds is 0. The van der Waals surface area contributed by atoms with E-state index in [9.17, 15) is 0 Å². The Kier molecular flexibility index (Phi) is 1.71. The van der Waals surface area contributed by atoms with E-state index in [1.165, 1.54) is 32.2 Å². The molecule has 0 amide bonds. The normalized spacial score (nSPS) is 50.7. The molecule has 1 nitrogen and oxygen atoms in total. The first-order valence-corrected chi connectivity index (χ1v) is 4.97. The molecule has 2 fully saturated rings. The predicted molar refractivity (Wildman–Crippen MR) is 47.5 cm³/mol. The minimum absolute atomic E-state index is 0.637. The van der Waals surface area contributed by atoms with Gasteiger partial charge in [-0.1, -0.05) is 26.7 Å². The van der Waals surface area contributed by atoms with Crippen molar-refractivity contribution in [2.24, 2.45) is 11.3 Å². The molecule has 1 aliphatic carbocycles. The summed E-state index contributed by atoms with van der Waals surface area (Å²) in [5, 5.41) is 3.65. The molecule has 0 aromatic rings. The second-order valence-electron chi connectivity index (χ2n) is 4.61. The van der Waals surface area contributed by atoms with Crippen LogP contribution in [0.25, 0.3) is 0 Å². The van der Waals surface area contributed by atoms with E-state index in [1.807, 2.05) is 0 Å². The largest absolute Gasteiger partial charge is 0.313 e. The van der Waals surface area contributed by atoms with Crippen molar-refractivity contribution >= 4 is 0 Å². The molecular weight excluding hydrogens is 134 g/mol. The molecule has 1 saturated heterocycles. The Morgan fingerprint density at radius 3 is 2.91 bits per heavy atom. The molecule has 0 aromatic heterocycles. The topological polar surface area (TPSA) is 12.0 Å². The summed E-state index contributed by atoms with van der Waals surface area (Å²) >= 11 is 0. The van der Waals surface area contributed by atoms with E-state index in [2.05, 4.69) is 19.2 Å². The molecule has 0 aromatic carbocycles. The van der Waals surface area contributed by atoms with Crippen LogP contribution in [0.2, 0.25) is 0 Å². The molecule has 1 saturated carbocycles. The number of nitrogens with one attached hydrogen (secondary N) is 1. The van der Waals surface area contributed by atoms with Crippen LogP contribution in [-0.4, -0.2) is 12.6 Å². The lowest BCUT2D eigenvalue weighted by atomic mass is 9.68. The Bertz CT molecular complexity index is 153. The van der Waals surface area contributed by atoms with Crippen molar-refractivity contribution in [2.75, 3.05) is 6.54 Å². The van der Waals surface area contributed by atoms with Crippen LogP contribution >= 0.6 is 0 Å². The molecule has 0 bridgehead atoms. The van der Waals surface area contributed by atoms with Gasteiger partial charge in [0.1, 0.15) is 0 Å². The monoisotopic (exact) mass is 153 g/mol. The second-order valence-corrected chi connectivity index (χ2v) is 4.61. The van der Waals surface area contributed by atoms with Crippen molar-refractivity contribution in [2.45, 2.75) is 45.6 Å². The molecule has 64 valence electrons. The van der Waals surface area contributed by atoms with Crippen LogP contribution in [0, 0.1) is 11.3 Å². The fourth-order valence-electron chi connectivity index (χ4n) is 2.84. The van der Waals surface area contributed by atoms with Gasteiger partial charge in [-0.3, -0.25) is 0 Å². The zero-order valence-corrected chi connectivity index (χ0v) is 7.69. The lowest BCUT2D eigenvalue weighted by molar-refractivity contribution is 0.151. The Balaban J connectivity index is 2.16. The molecule has 0 spiro atoms. The quantitative estimate of drug-likeness (QED) is 0.562. The van der Waals surface area contributed by atoms with Gasteiger partial charge in [0.05, 0.1) is 0 Å². The van der Waals surface area contributed by atoms with Gasteiger partial charge in [0.2, 0.25) is 0 Å². The lowest BCUT2D eigenvalue weighted by Crippen LogP contribution is -2.39. The molecule has 1 heteroatoms. The maximum Gasteiger partial charge on any atom is 0.0124 e. The summed E-state index contributed by atoms with van der Waals surface area (Å²) < 4.78 is 0. The standard InChI is InChI=1S/C10H19N/c1-8-7-11-9-5-3-4-6-10(8,9)2/h8-9,11H,3-7H2,1-2H3/t8-,9?,10+/m0/s1. The van der Waals surface area contributed by atoms with Crippen LogP contribution in [0.3, 0.4) is 0 Å². The van der Waals surface area contributed by atoms with Gasteiger partial charge in [0.25, 0.3) is 0 Å². The van der Waals surface area contributed by atoms with Crippen molar-refractivity contribution in [3.05, 3.63) is 0 Å². The number of fused-ring (bicyclic) bond motifs is 1. The van der Waals surface area contributed by atoms with Gasteiger partial charge >= 0.3 is 0 Å². The van der Waals surface area contributed by atoms with E-state index in [4.69, 9.17) is 0 Å². The smallest absolute Gasteiger partial charge is 0.0124 e. The SMILES string of the molecule is C[C@H]1CNC2CCCC[C@@]21C. The number of hydrogen-bond acceptors (Lipinski definition) is 1. The summed E-state index contributed by atoms with van der Waals surface area (Å²) in [5.41, 5.74) is 0.637. The highest BCUT2D eigenvalue weighted by Crippen LogP contribution is 2.45. The minimum Gasteiger partial charge on any atom is -0.313 e. The maximum absolute atomic E-state index is 3.65. The van der Waals surface area contributed by atoms with Crippen LogP contribution < -0.4 is 5.32 Å². The predicted octanol–water partition coefficient (Wildman–Crippen LogP) is 2.17. The van der Waals surface area contributed by atoms with E-state index in [0.717, 1.165) is 12.0 Å². The van der Waals surface area contributed by atoms with Gasteiger partial charge in [0.15, 0.2) is 0 Å². The second kappa shape index (κ2) is 2.48. The molecule has 1 unspecified atom stereocenters. The van der Waals surface area contributed by atoms with Gasteiger partial charge < -0.3 is 5.32 Å². The number of hydrogen-bond donors (Lipinski definition) is 1. The van der Waals surface area contributed by atoms with Crippen LogP contribution in [0.4, 0.5) is 0 Å². The highest BCUT2D eigenvalue weighted by molar-refractivity contribution is 5.00. The van der Waals surface area contributed by atoms with Crippen LogP contribution in [0.5, 0.6) is 0 Å². The third-order valence-electron chi connectivity index (χ3n) is 4.05. The first-order chi connectivity index (χ1) is 5.23. The van der Waals surface area contributed by atoms with E-state index in [0.29, 0.717) is 5.41 Å². The molecule has 1 N–H and O–H groups in total. The Morgan fingerprint density at radius 2 is 2.18 bits per heavy atom. The van der Waals surface area contributed by atoms with Crippen molar-refractivity contribution in [1.82, 2.24) is 5.32 Å². The minimum atomic E-state index is 0.637. The van der Waals surface area contributed by atoms with E-state index >= 15 is 0 Å². The Morgan fingerprint density at radius 1 is 1.36 bits per heavy atom. The zero-order valence-electron chi connectivity index (χ0n) is 7.69. The lowest BCUT2D eigenvalue weighted by Gasteiger charge is -2.38. The average Bonchev–Trinajstić information content (AvgIpc) is 2.29. The highest BCUT2D eigenvalue weighted by atomic mass is 15.0. The molecule has 1 aliphatic heterocycles.